The van der Waals surface area contributed by atoms with E-state index < -0.39 is 23.8 Å². The molecule has 1 aliphatic heterocycles. The molecule has 2 aromatic rings. The maximum Gasteiger partial charge on any atom is 0.416 e. The average Bonchev–Trinajstić information content (AvgIpc) is 3.07. The van der Waals surface area contributed by atoms with Crippen LogP contribution in [0.25, 0.3) is 0 Å². The van der Waals surface area contributed by atoms with Gasteiger partial charge in [-0.3, -0.25) is 15.0 Å². The van der Waals surface area contributed by atoms with Gasteiger partial charge in [0.25, 0.3) is 5.91 Å². The number of rotatable bonds is 6. The number of carbonyl (C=O) groups excluding carboxylic acids is 1. The van der Waals surface area contributed by atoms with Crippen LogP contribution < -0.4 is 5.32 Å². The summed E-state index contributed by atoms with van der Waals surface area (Å²) in [6, 6.07) is 4.58. The summed E-state index contributed by atoms with van der Waals surface area (Å²) in [6.45, 7) is 6.23. The Labute approximate surface area is 176 Å². The summed E-state index contributed by atoms with van der Waals surface area (Å²) in [4.78, 5) is 18.8. The van der Waals surface area contributed by atoms with Crippen molar-refractivity contribution in [3.05, 3.63) is 46.5 Å². The van der Waals surface area contributed by atoms with Gasteiger partial charge in [0.15, 0.2) is 5.13 Å². The molecule has 1 aromatic carbocycles. The summed E-state index contributed by atoms with van der Waals surface area (Å²) in [7, 11) is 0. The summed E-state index contributed by atoms with van der Waals surface area (Å²) in [6.07, 6.45) is -5.91. The Morgan fingerprint density at radius 2 is 2.07 bits per heavy atom. The highest BCUT2D eigenvalue weighted by molar-refractivity contribution is 7.13. The number of benzene rings is 1. The van der Waals surface area contributed by atoms with Crippen LogP contribution in [-0.4, -0.2) is 52.3 Å². The van der Waals surface area contributed by atoms with E-state index in [0.717, 1.165) is 30.9 Å². The highest BCUT2D eigenvalue weighted by Crippen LogP contribution is 2.29. The fourth-order valence-corrected chi connectivity index (χ4v) is 4.16. The van der Waals surface area contributed by atoms with Crippen LogP contribution in [-0.2, 0) is 28.7 Å². The van der Waals surface area contributed by atoms with Crippen molar-refractivity contribution in [2.75, 3.05) is 18.4 Å². The predicted molar refractivity (Wildman–Crippen MR) is 107 cm³/mol. The Hall–Kier alpha value is -2.01. The van der Waals surface area contributed by atoms with Crippen LogP contribution in [0.2, 0.25) is 0 Å². The van der Waals surface area contributed by atoms with Crippen LogP contribution in [0.5, 0.6) is 0 Å². The number of halogens is 3. The molecule has 3 atom stereocenters. The minimum Gasteiger partial charge on any atom is -0.383 e. The first-order valence-corrected chi connectivity index (χ1v) is 10.5. The van der Waals surface area contributed by atoms with Gasteiger partial charge in [0.05, 0.1) is 23.5 Å². The van der Waals surface area contributed by atoms with Gasteiger partial charge >= 0.3 is 6.18 Å². The van der Waals surface area contributed by atoms with Crippen molar-refractivity contribution in [2.24, 2.45) is 0 Å². The summed E-state index contributed by atoms with van der Waals surface area (Å²) in [5.41, 5.74) is 0.204. The van der Waals surface area contributed by atoms with Crippen LogP contribution in [0.1, 0.15) is 30.7 Å². The second-order valence-corrected chi connectivity index (χ2v) is 8.36. The lowest BCUT2D eigenvalue weighted by Gasteiger charge is -2.34. The summed E-state index contributed by atoms with van der Waals surface area (Å²) < 4.78 is 44.1. The highest BCUT2D eigenvalue weighted by atomic mass is 32.1. The van der Waals surface area contributed by atoms with Gasteiger partial charge in [-0.05, 0) is 25.5 Å². The van der Waals surface area contributed by atoms with E-state index in [4.69, 9.17) is 4.74 Å². The van der Waals surface area contributed by atoms with Gasteiger partial charge < -0.3 is 9.84 Å². The van der Waals surface area contributed by atoms with E-state index in [0.29, 0.717) is 11.7 Å². The lowest BCUT2D eigenvalue weighted by Crippen LogP contribution is -2.44. The smallest absolute Gasteiger partial charge is 0.383 e. The van der Waals surface area contributed by atoms with Crippen molar-refractivity contribution in [3.8, 4) is 0 Å². The zero-order chi connectivity index (χ0) is 21.9. The number of nitrogens with zero attached hydrogens (tertiary/aromatic N) is 2. The second kappa shape index (κ2) is 9.42. The third kappa shape index (κ3) is 6.24. The van der Waals surface area contributed by atoms with E-state index in [2.05, 4.69) is 15.2 Å². The quantitative estimate of drug-likeness (QED) is 0.717. The van der Waals surface area contributed by atoms with Gasteiger partial charge in [-0.1, -0.05) is 18.2 Å². The van der Waals surface area contributed by atoms with E-state index >= 15 is 0 Å². The van der Waals surface area contributed by atoms with E-state index in [1.54, 1.807) is 0 Å². The Morgan fingerprint density at radius 3 is 2.73 bits per heavy atom. The number of ether oxygens (including phenoxy) is 1. The first-order chi connectivity index (χ1) is 14.1. The van der Waals surface area contributed by atoms with Crippen LogP contribution in [0.4, 0.5) is 18.3 Å². The van der Waals surface area contributed by atoms with E-state index in [1.165, 1.54) is 23.5 Å². The molecule has 1 amide bonds. The Bertz CT molecular complexity index is 864. The molecular weight excluding hydrogens is 419 g/mol. The summed E-state index contributed by atoms with van der Waals surface area (Å²) in [5.74, 6) is -0.707. The number of morpholine rings is 1. The van der Waals surface area contributed by atoms with Gasteiger partial charge in [-0.25, -0.2) is 4.98 Å². The Kier molecular flexibility index (Phi) is 7.12. The molecule has 1 saturated heterocycles. The number of hydrogen-bond acceptors (Lipinski definition) is 6. The molecule has 1 aliphatic rings. The minimum atomic E-state index is -4.48. The average molecular weight is 443 g/mol. The predicted octanol–water partition coefficient (Wildman–Crippen LogP) is 3.31. The van der Waals surface area contributed by atoms with Gasteiger partial charge in [-0.2, -0.15) is 13.2 Å². The number of aromatic nitrogens is 1. The normalized spacial score (nSPS) is 21.4. The number of thiazole rings is 1. The lowest BCUT2D eigenvalue weighted by molar-refractivity contribution is -0.137. The first kappa shape index (κ1) is 22.7. The Balaban J connectivity index is 1.55. The summed E-state index contributed by atoms with van der Waals surface area (Å²) >= 11 is 1.24. The number of aliphatic hydroxyl groups excluding tert-OH is 1. The number of carbonyl (C=O) groups is 1. The van der Waals surface area contributed by atoms with E-state index in [9.17, 15) is 23.1 Å². The van der Waals surface area contributed by atoms with Crippen molar-refractivity contribution in [1.82, 2.24) is 9.88 Å². The minimum absolute atomic E-state index is 0.137. The largest absolute Gasteiger partial charge is 0.416 e. The number of anilines is 1. The van der Waals surface area contributed by atoms with Gasteiger partial charge in [0.2, 0.25) is 0 Å². The maximum absolute atomic E-state index is 12.8. The zero-order valence-corrected chi connectivity index (χ0v) is 17.5. The van der Waals surface area contributed by atoms with Crippen LogP contribution in [0.15, 0.2) is 29.6 Å². The number of aliphatic hydroxyl groups is 1. The number of hydrogen-bond donors (Lipinski definition) is 2. The fraction of sp³-hybridized carbons (Fsp3) is 0.500. The standard InChI is InChI=1S/C20H24F3N3O3S/c1-12-8-26(9-13(2)29-12)10-16-11-30-19(24-16)25-18(28)17(27)7-14-4-3-5-15(6-14)20(21,22)23/h3-6,11-13,17,27H,7-10H2,1-2H3,(H,24,25,28). The van der Waals surface area contributed by atoms with Crippen molar-refractivity contribution in [2.45, 2.75) is 51.3 Å². The first-order valence-electron chi connectivity index (χ1n) is 9.57. The Morgan fingerprint density at radius 1 is 1.37 bits per heavy atom. The molecule has 0 spiro atoms. The molecule has 3 unspecified atom stereocenters. The maximum atomic E-state index is 12.8. The molecule has 1 aromatic heterocycles. The van der Waals surface area contributed by atoms with Crippen molar-refractivity contribution in [1.29, 1.82) is 0 Å². The number of nitrogens with one attached hydrogen (secondary N) is 1. The third-order valence-electron chi connectivity index (χ3n) is 4.65. The molecule has 0 radical (unpaired) electrons. The molecule has 0 saturated carbocycles. The molecule has 164 valence electrons. The lowest BCUT2D eigenvalue weighted by atomic mass is 10.0. The highest BCUT2D eigenvalue weighted by Gasteiger charge is 2.30. The summed E-state index contributed by atoms with van der Waals surface area (Å²) in [5, 5.41) is 14.8. The molecule has 1 fully saturated rings. The van der Waals surface area contributed by atoms with E-state index in [-0.39, 0.29) is 24.2 Å². The van der Waals surface area contributed by atoms with Gasteiger partial charge in [0.1, 0.15) is 6.10 Å². The van der Waals surface area contributed by atoms with Crippen molar-refractivity contribution < 1.29 is 27.8 Å². The zero-order valence-electron chi connectivity index (χ0n) is 16.6. The van der Waals surface area contributed by atoms with Gasteiger partial charge in [0, 0.05) is 31.4 Å². The fourth-order valence-electron chi connectivity index (χ4n) is 3.46. The number of alkyl halides is 3. The van der Waals surface area contributed by atoms with Crippen molar-refractivity contribution >= 4 is 22.4 Å². The van der Waals surface area contributed by atoms with E-state index in [1.807, 2.05) is 19.2 Å². The van der Waals surface area contributed by atoms with Crippen LogP contribution in [0, 0.1) is 0 Å². The molecular formula is C20H24F3N3O3S. The molecule has 0 aliphatic carbocycles. The molecule has 10 heteroatoms. The molecule has 0 bridgehead atoms. The second-order valence-electron chi connectivity index (χ2n) is 7.50. The monoisotopic (exact) mass is 443 g/mol. The molecule has 3 rings (SSSR count). The molecule has 6 nitrogen and oxygen atoms in total. The molecule has 2 N–H and O–H groups in total. The SMILES string of the molecule is CC1CN(Cc2csc(NC(=O)C(O)Cc3cccc(C(F)(F)F)c3)n2)CC(C)O1. The van der Waals surface area contributed by atoms with Gasteiger partial charge in [-0.15, -0.1) is 11.3 Å². The van der Waals surface area contributed by atoms with Crippen LogP contribution in [0.3, 0.4) is 0 Å². The third-order valence-corrected chi connectivity index (χ3v) is 5.46. The molecule has 2 heterocycles. The van der Waals surface area contributed by atoms with Crippen molar-refractivity contribution in [3.63, 3.8) is 0 Å². The molecule has 30 heavy (non-hydrogen) atoms. The van der Waals surface area contributed by atoms with Crippen LogP contribution >= 0.6 is 11.3 Å². The number of amides is 1. The topological polar surface area (TPSA) is 74.7 Å².